The third-order valence-corrected chi connectivity index (χ3v) is 2.93. The lowest BCUT2D eigenvalue weighted by Crippen LogP contribution is -2.19. The van der Waals surface area contributed by atoms with Gasteiger partial charge in [0, 0.05) is 34.6 Å². The van der Waals surface area contributed by atoms with E-state index in [-0.39, 0.29) is 6.03 Å². The molecule has 5 nitrogen and oxygen atoms in total. The van der Waals surface area contributed by atoms with Crippen LogP contribution in [-0.4, -0.2) is 20.3 Å². The highest BCUT2D eigenvalue weighted by Gasteiger charge is 2.06. The van der Waals surface area contributed by atoms with Crippen molar-refractivity contribution in [2.24, 2.45) is 0 Å². The van der Waals surface area contributed by atoms with Crippen molar-refractivity contribution in [3.63, 3.8) is 0 Å². The second-order valence-corrected chi connectivity index (χ2v) is 4.63. The molecule has 0 aliphatic heterocycles. The molecule has 0 fully saturated rings. The van der Waals surface area contributed by atoms with Gasteiger partial charge in [-0.15, -0.1) is 0 Å². The Kier molecular flexibility index (Phi) is 4.90. The molecule has 0 heterocycles. The molecule has 0 spiro atoms. The van der Waals surface area contributed by atoms with Crippen molar-refractivity contribution >= 4 is 29.0 Å². The number of carbonyl (C=O) groups is 1. The van der Waals surface area contributed by atoms with Gasteiger partial charge in [0.05, 0.1) is 14.2 Å². The van der Waals surface area contributed by atoms with E-state index >= 15 is 0 Å². The molecule has 0 radical (unpaired) electrons. The van der Waals surface area contributed by atoms with Crippen LogP contribution < -0.4 is 20.1 Å². The van der Waals surface area contributed by atoms with Gasteiger partial charge in [0.1, 0.15) is 11.5 Å². The first-order chi connectivity index (χ1) is 10.1. The lowest BCUT2D eigenvalue weighted by molar-refractivity contribution is 0.262. The Morgan fingerprint density at radius 3 is 2.14 bits per heavy atom. The maximum absolute atomic E-state index is 11.9. The monoisotopic (exact) mass is 306 g/mol. The number of methoxy groups -OCH3 is 2. The van der Waals surface area contributed by atoms with Crippen LogP contribution in [0.5, 0.6) is 11.5 Å². The molecule has 0 atom stereocenters. The number of ether oxygens (including phenoxy) is 2. The van der Waals surface area contributed by atoms with Gasteiger partial charge in [0.2, 0.25) is 0 Å². The molecule has 0 unspecified atom stereocenters. The second kappa shape index (κ2) is 6.85. The number of hydrogen-bond acceptors (Lipinski definition) is 3. The molecule has 2 N–H and O–H groups in total. The topological polar surface area (TPSA) is 59.6 Å². The summed E-state index contributed by atoms with van der Waals surface area (Å²) < 4.78 is 10.3. The van der Waals surface area contributed by atoms with Crippen molar-refractivity contribution in [1.82, 2.24) is 0 Å². The highest BCUT2D eigenvalue weighted by molar-refractivity contribution is 6.30. The molecule has 0 saturated carbocycles. The van der Waals surface area contributed by atoms with Crippen LogP contribution in [0.2, 0.25) is 5.02 Å². The van der Waals surface area contributed by atoms with Gasteiger partial charge in [-0.25, -0.2) is 4.79 Å². The zero-order chi connectivity index (χ0) is 15.2. The average Bonchev–Trinajstić information content (AvgIpc) is 2.46. The van der Waals surface area contributed by atoms with Gasteiger partial charge in [-0.05, 0) is 18.2 Å². The number of halogens is 1. The predicted octanol–water partition coefficient (Wildman–Crippen LogP) is 4.00. The Labute approximate surface area is 127 Å². The van der Waals surface area contributed by atoms with Crippen LogP contribution in [0.25, 0.3) is 0 Å². The van der Waals surface area contributed by atoms with E-state index in [1.54, 1.807) is 56.7 Å². The van der Waals surface area contributed by atoms with Crippen molar-refractivity contribution in [3.05, 3.63) is 47.5 Å². The summed E-state index contributed by atoms with van der Waals surface area (Å²) in [5.74, 6) is 1.18. The molecule has 2 aromatic carbocycles. The third kappa shape index (κ3) is 4.29. The molecule has 2 aromatic rings. The first kappa shape index (κ1) is 15.0. The Balaban J connectivity index is 2.08. The quantitative estimate of drug-likeness (QED) is 0.897. The number of anilines is 2. The molecule has 0 saturated heterocycles. The van der Waals surface area contributed by atoms with E-state index < -0.39 is 0 Å². The number of rotatable bonds is 4. The van der Waals surface area contributed by atoms with Crippen molar-refractivity contribution in [2.75, 3.05) is 24.9 Å². The minimum absolute atomic E-state index is 0.382. The standard InChI is InChI=1S/C15H15ClN2O3/c1-20-13-7-12(8-14(9-13)21-2)18-15(19)17-11-5-3-4-10(16)6-11/h3-9H,1-2H3,(H2,17,18,19). The van der Waals surface area contributed by atoms with Crippen LogP contribution in [0.1, 0.15) is 0 Å². The molecule has 0 bridgehead atoms. The summed E-state index contributed by atoms with van der Waals surface area (Å²) in [5.41, 5.74) is 1.17. The second-order valence-electron chi connectivity index (χ2n) is 4.19. The van der Waals surface area contributed by atoms with Crippen molar-refractivity contribution in [3.8, 4) is 11.5 Å². The van der Waals surface area contributed by atoms with Gasteiger partial charge in [-0.2, -0.15) is 0 Å². The number of urea groups is 1. The van der Waals surface area contributed by atoms with E-state index in [0.29, 0.717) is 27.9 Å². The van der Waals surface area contributed by atoms with Gasteiger partial charge in [0.15, 0.2) is 0 Å². The molecule has 2 rings (SSSR count). The summed E-state index contributed by atoms with van der Waals surface area (Å²) in [7, 11) is 3.09. The maximum Gasteiger partial charge on any atom is 0.323 e. The Morgan fingerprint density at radius 1 is 0.952 bits per heavy atom. The summed E-state index contributed by atoms with van der Waals surface area (Å²) in [6.07, 6.45) is 0. The van der Waals surface area contributed by atoms with Crippen molar-refractivity contribution in [1.29, 1.82) is 0 Å². The van der Waals surface area contributed by atoms with E-state index in [1.807, 2.05) is 0 Å². The molecular weight excluding hydrogens is 292 g/mol. The minimum atomic E-state index is -0.382. The maximum atomic E-state index is 11.9. The molecular formula is C15H15ClN2O3. The van der Waals surface area contributed by atoms with E-state index in [2.05, 4.69) is 10.6 Å². The fourth-order valence-corrected chi connectivity index (χ4v) is 1.93. The number of hydrogen-bond donors (Lipinski definition) is 2. The minimum Gasteiger partial charge on any atom is -0.497 e. The number of amides is 2. The molecule has 6 heteroatoms. The van der Waals surface area contributed by atoms with Crippen molar-refractivity contribution in [2.45, 2.75) is 0 Å². The average molecular weight is 307 g/mol. The first-order valence-electron chi connectivity index (χ1n) is 6.17. The smallest absolute Gasteiger partial charge is 0.323 e. The first-order valence-corrected chi connectivity index (χ1v) is 6.55. The zero-order valence-corrected chi connectivity index (χ0v) is 12.4. The summed E-state index contributed by atoms with van der Waals surface area (Å²) in [6.45, 7) is 0. The van der Waals surface area contributed by atoms with Crippen LogP contribution in [0.4, 0.5) is 16.2 Å². The molecule has 0 aliphatic carbocycles. The SMILES string of the molecule is COc1cc(NC(=O)Nc2cccc(Cl)c2)cc(OC)c1. The number of carbonyl (C=O) groups excluding carboxylic acids is 1. The molecule has 21 heavy (non-hydrogen) atoms. The summed E-state index contributed by atoms with van der Waals surface area (Å²) in [5, 5.41) is 5.95. The van der Waals surface area contributed by atoms with Crippen LogP contribution >= 0.6 is 11.6 Å². The van der Waals surface area contributed by atoms with E-state index in [0.717, 1.165) is 0 Å². The highest BCUT2D eigenvalue weighted by atomic mass is 35.5. The van der Waals surface area contributed by atoms with Gasteiger partial charge in [-0.1, -0.05) is 17.7 Å². The Hall–Kier alpha value is -2.40. The third-order valence-electron chi connectivity index (χ3n) is 2.69. The summed E-state index contributed by atoms with van der Waals surface area (Å²) in [4.78, 5) is 11.9. The lowest BCUT2D eigenvalue weighted by Gasteiger charge is -2.11. The summed E-state index contributed by atoms with van der Waals surface area (Å²) in [6, 6.07) is 11.6. The largest absolute Gasteiger partial charge is 0.497 e. The van der Waals surface area contributed by atoms with E-state index in [4.69, 9.17) is 21.1 Å². The highest BCUT2D eigenvalue weighted by Crippen LogP contribution is 2.26. The van der Waals surface area contributed by atoms with Gasteiger partial charge in [0.25, 0.3) is 0 Å². The molecule has 2 amide bonds. The number of benzene rings is 2. The molecule has 0 aromatic heterocycles. The van der Waals surface area contributed by atoms with Crippen LogP contribution in [0, 0.1) is 0 Å². The van der Waals surface area contributed by atoms with Crippen LogP contribution in [-0.2, 0) is 0 Å². The summed E-state index contributed by atoms with van der Waals surface area (Å²) >= 11 is 5.86. The Bertz CT molecular complexity index is 624. The number of nitrogens with one attached hydrogen (secondary N) is 2. The fourth-order valence-electron chi connectivity index (χ4n) is 1.74. The molecule has 0 aliphatic rings. The lowest BCUT2D eigenvalue weighted by atomic mass is 10.2. The van der Waals surface area contributed by atoms with Gasteiger partial charge < -0.3 is 20.1 Å². The van der Waals surface area contributed by atoms with Crippen LogP contribution in [0.3, 0.4) is 0 Å². The van der Waals surface area contributed by atoms with E-state index in [1.165, 1.54) is 0 Å². The normalized spacial score (nSPS) is 9.86. The van der Waals surface area contributed by atoms with Gasteiger partial charge >= 0.3 is 6.03 Å². The molecule has 110 valence electrons. The van der Waals surface area contributed by atoms with E-state index in [9.17, 15) is 4.79 Å². The van der Waals surface area contributed by atoms with Crippen molar-refractivity contribution < 1.29 is 14.3 Å². The zero-order valence-electron chi connectivity index (χ0n) is 11.6. The van der Waals surface area contributed by atoms with Crippen LogP contribution in [0.15, 0.2) is 42.5 Å². The Morgan fingerprint density at radius 2 is 1.57 bits per heavy atom. The fraction of sp³-hybridized carbons (Fsp3) is 0.133. The van der Waals surface area contributed by atoms with Gasteiger partial charge in [-0.3, -0.25) is 0 Å². The predicted molar refractivity (Wildman–Crippen MR) is 83.6 cm³/mol.